The first-order valence-corrected chi connectivity index (χ1v) is 9.76. The summed E-state index contributed by atoms with van der Waals surface area (Å²) in [5.74, 6) is -0.266. The molecule has 3 rings (SSSR count). The molecular weight excluding hydrogens is 390 g/mol. The van der Waals surface area contributed by atoms with Gasteiger partial charge in [0.05, 0.1) is 17.2 Å². The molecule has 1 amide bonds. The Morgan fingerprint density at radius 1 is 1.19 bits per heavy atom. The van der Waals surface area contributed by atoms with Gasteiger partial charge in [-0.05, 0) is 36.8 Å². The lowest BCUT2D eigenvalue weighted by molar-refractivity contribution is -0.128. The van der Waals surface area contributed by atoms with E-state index in [0.29, 0.717) is 24.5 Å². The first-order valence-electron chi connectivity index (χ1n) is 8.27. The van der Waals surface area contributed by atoms with E-state index >= 15 is 0 Å². The molecule has 2 aromatic rings. The Bertz CT molecular complexity index is 885. The molecule has 1 heterocycles. The Morgan fingerprint density at radius 2 is 1.93 bits per heavy atom. The molecule has 7 nitrogen and oxygen atoms in total. The van der Waals surface area contributed by atoms with Gasteiger partial charge in [0.15, 0.2) is 0 Å². The summed E-state index contributed by atoms with van der Waals surface area (Å²) in [5.41, 5.74) is 1.66. The zero-order valence-corrected chi connectivity index (χ0v) is 16.4. The largest absolute Gasteiger partial charge is 0.366 e. The molecular formula is C18H22ClN3O4S. The maximum atomic E-state index is 12.5. The maximum Gasteiger partial charge on any atom is 0.261 e. The quantitative estimate of drug-likeness (QED) is 0.700. The van der Waals surface area contributed by atoms with E-state index in [4.69, 9.17) is 4.74 Å². The predicted octanol–water partition coefficient (Wildman–Crippen LogP) is 2.14. The number of carbonyl (C=O) groups is 1. The number of nitrogens with one attached hydrogen (secondary N) is 3. The molecule has 1 fully saturated rings. The second-order valence-corrected chi connectivity index (χ2v) is 7.68. The molecule has 1 aliphatic rings. The second kappa shape index (κ2) is 9.18. The molecule has 27 heavy (non-hydrogen) atoms. The van der Waals surface area contributed by atoms with Crippen LogP contribution in [0.1, 0.15) is 5.56 Å². The van der Waals surface area contributed by atoms with Gasteiger partial charge in [-0.25, -0.2) is 8.42 Å². The van der Waals surface area contributed by atoms with Crippen molar-refractivity contribution in [3.8, 4) is 0 Å². The van der Waals surface area contributed by atoms with Gasteiger partial charge in [0.25, 0.3) is 15.9 Å². The van der Waals surface area contributed by atoms with Gasteiger partial charge in [0.2, 0.25) is 0 Å². The molecule has 1 atom stereocenters. The monoisotopic (exact) mass is 411 g/mol. The number of anilines is 2. The van der Waals surface area contributed by atoms with Crippen molar-refractivity contribution in [2.75, 3.05) is 29.7 Å². The van der Waals surface area contributed by atoms with Crippen LogP contribution in [-0.4, -0.2) is 40.1 Å². The molecule has 0 aliphatic carbocycles. The molecule has 1 saturated heterocycles. The number of morpholine rings is 1. The van der Waals surface area contributed by atoms with Gasteiger partial charge in [0, 0.05) is 18.8 Å². The van der Waals surface area contributed by atoms with Crippen molar-refractivity contribution >= 4 is 39.7 Å². The predicted molar refractivity (Wildman–Crippen MR) is 107 cm³/mol. The lowest BCUT2D eigenvalue weighted by Crippen LogP contribution is -2.45. The first kappa shape index (κ1) is 21.2. The van der Waals surface area contributed by atoms with E-state index in [0.717, 1.165) is 12.1 Å². The van der Waals surface area contributed by atoms with Gasteiger partial charge in [-0.15, -0.1) is 12.4 Å². The van der Waals surface area contributed by atoms with Crippen LogP contribution in [0.3, 0.4) is 0 Å². The number of sulfonamides is 1. The van der Waals surface area contributed by atoms with E-state index in [-0.39, 0.29) is 23.2 Å². The zero-order valence-electron chi connectivity index (χ0n) is 14.8. The molecule has 146 valence electrons. The highest BCUT2D eigenvalue weighted by atomic mass is 35.5. The summed E-state index contributed by atoms with van der Waals surface area (Å²) >= 11 is 0. The van der Waals surface area contributed by atoms with Gasteiger partial charge in [-0.3, -0.25) is 9.52 Å². The van der Waals surface area contributed by atoms with Crippen molar-refractivity contribution in [1.82, 2.24) is 5.32 Å². The molecule has 3 N–H and O–H groups in total. The van der Waals surface area contributed by atoms with Crippen LogP contribution in [0, 0.1) is 6.92 Å². The Balaban J connectivity index is 0.00000261. The number of carbonyl (C=O) groups excluding carboxylic acids is 1. The van der Waals surface area contributed by atoms with Crippen LogP contribution in [0.2, 0.25) is 0 Å². The average molecular weight is 412 g/mol. The first-order chi connectivity index (χ1) is 12.5. The van der Waals surface area contributed by atoms with E-state index in [1.807, 2.05) is 0 Å². The molecule has 0 aromatic heterocycles. The summed E-state index contributed by atoms with van der Waals surface area (Å²) < 4.78 is 33.0. The summed E-state index contributed by atoms with van der Waals surface area (Å²) in [4.78, 5) is 12.4. The number of rotatable bonds is 5. The number of amides is 1. The fourth-order valence-electron chi connectivity index (χ4n) is 2.57. The maximum absolute atomic E-state index is 12.5. The van der Waals surface area contributed by atoms with Crippen LogP contribution in [-0.2, 0) is 19.6 Å². The van der Waals surface area contributed by atoms with Crippen molar-refractivity contribution in [2.45, 2.75) is 17.9 Å². The van der Waals surface area contributed by atoms with E-state index in [1.54, 1.807) is 43.3 Å². The standard InChI is InChI=1S/C18H21N3O4S.ClH/c1-13-7-8-14(20-18(22)17-12-19-9-10-25-17)11-16(13)21-26(23,24)15-5-3-2-4-6-15;/h2-8,11,17,19,21H,9-10,12H2,1H3,(H,20,22);1H. The molecule has 9 heteroatoms. The van der Waals surface area contributed by atoms with Crippen molar-refractivity contribution in [2.24, 2.45) is 0 Å². The summed E-state index contributed by atoms with van der Waals surface area (Å²) in [6, 6.07) is 13.2. The van der Waals surface area contributed by atoms with Crippen molar-refractivity contribution < 1.29 is 17.9 Å². The lowest BCUT2D eigenvalue weighted by atomic mass is 10.2. The lowest BCUT2D eigenvalue weighted by Gasteiger charge is -2.23. The van der Waals surface area contributed by atoms with Gasteiger partial charge >= 0.3 is 0 Å². The number of benzene rings is 2. The molecule has 1 aliphatic heterocycles. The van der Waals surface area contributed by atoms with Gasteiger partial charge in [-0.2, -0.15) is 0 Å². The highest BCUT2D eigenvalue weighted by molar-refractivity contribution is 7.92. The van der Waals surface area contributed by atoms with Crippen LogP contribution in [0.25, 0.3) is 0 Å². The average Bonchev–Trinajstić information content (AvgIpc) is 2.66. The van der Waals surface area contributed by atoms with Gasteiger partial charge in [0.1, 0.15) is 6.10 Å². The Morgan fingerprint density at radius 3 is 2.59 bits per heavy atom. The Hall–Kier alpha value is -2.13. The number of aryl methyl sites for hydroxylation is 1. The van der Waals surface area contributed by atoms with Crippen LogP contribution < -0.4 is 15.4 Å². The molecule has 0 spiro atoms. The minimum Gasteiger partial charge on any atom is -0.366 e. The summed E-state index contributed by atoms with van der Waals surface area (Å²) in [5, 5.41) is 5.86. The second-order valence-electron chi connectivity index (χ2n) is 6.00. The van der Waals surface area contributed by atoms with Crippen LogP contribution in [0.4, 0.5) is 11.4 Å². The minimum absolute atomic E-state index is 0. The molecule has 2 aromatic carbocycles. The van der Waals surface area contributed by atoms with Gasteiger partial charge < -0.3 is 15.4 Å². The van der Waals surface area contributed by atoms with Crippen molar-refractivity contribution in [1.29, 1.82) is 0 Å². The fraction of sp³-hybridized carbons (Fsp3) is 0.278. The van der Waals surface area contributed by atoms with Crippen LogP contribution in [0.5, 0.6) is 0 Å². The summed E-state index contributed by atoms with van der Waals surface area (Å²) in [7, 11) is -3.70. The van der Waals surface area contributed by atoms with E-state index < -0.39 is 16.1 Å². The van der Waals surface area contributed by atoms with Crippen LogP contribution in [0.15, 0.2) is 53.4 Å². The number of hydrogen-bond donors (Lipinski definition) is 3. The normalized spacial score (nSPS) is 16.9. The minimum atomic E-state index is -3.70. The number of halogens is 1. The summed E-state index contributed by atoms with van der Waals surface area (Å²) in [6.45, 7) is 3.45. The smallest absolute Gasteiger partial charge is 0.261 e. The van der Waals surface area contributed by atoms with E-state index in [2.05, 4.69) is 15.4 Å². The highest BCUT2D eigenvalue weighted by Gasteiger charge is 2.22. The Kier molecular flexibility index (Phi) is 7.20. The number of hydrogen-bond acceptors (Lipinski definition) is 5. The third-order valence-electron chi connectivity index (χ3n) is 4.02. The zero-order chi connectivity index (χ0) is 18.6. The number of ether oxygens (including phenoxy) is 1. The third kappa shape index (κ3) is 5.43. The van der Waals surface area contributed by atoms with Crippen molar-refractivity contribution in [3.05, 3.63) is 54.1 Å². The highest BCUT2D eigenvalue weighted by Crippen LogP contribution is 2.24. The molecule has 0 radical (unpaired) electrons. The van der Waals surface area contributed by atoms with E-state index in [9.17, 15) is 13.2 Å². The van der Waals surface area contributed by atoms with Crippen LogP contribution >= 0.6 is 12.4 Å². The van der Waals surface area contributed by atoms with Crippen molar-refractivity contribution in [3.63, 3.8) is 0 Å². The molecule has 1 unspecified atom stereocenters. The SMILES string of the molecule is Cc1ccc(NC(=O)C2CNCCO2)cc1NS(=O)(=O)c1ccccc1.Cl. The summed E-state index contributed by atoms with van der Waals surface area (Å²) in [6.07, 6.45) is -0.561. The topological polar surface area (TPSA) is 96.5 Å². The van der Waals surface area contributed by atoms with Gasteiger partial charge in [-0.1, -0.05) is 24.3 Å². The van der Waals surface area contributed by atoms with E-state index in [1.165, 1.54) is 12.1 Å². The third-order valence-corrected chi connectivity index (χ3v) is 5.40. The molecule has 0 saturated carbocycles. The molecule has 0 bridgehead atoms. The Labute approximate surface area is 165 Å². The fourth-order valence-corrected chi connectivity index (χ4v) is 3.71.